The molecule has 0 spiro atoms. The minimum atomic E-state index is -0.130. The van der Waals surface area contributed by atoms with Gasteiger partial charge >= 0.3 is 0 Å². The first-order valence-electron chi connectivity index (χ1n) is 6.83. The molecule has 0 aliphatic carbocycles. The largest absolute Gasteiger partial charge is 0.380 e. The third-order valence-corrected chi connectivity index (χ3v) is 2.99. The predicted octanol–water partition coefficient (Wildman–Crippen LogP) is 2.25. The highest BCUT2D eigenvalue weighted by Gasteiger charge is 2.08. The molecule has 1 N–H and O–H groups in total. The number of carbonyl (C=O) groups excluding carboxylic acids is 1. The third-order valence-electron chi connectivity index (χ3n) is 2.84. The standard InChI is InChI=1S/C15H18ClN3O2/c16-7-10-21-9-4-8-17-15(20)13-11-18-19(12-13)14-5-2-1-3-6-14/h1-3,5-6,11-12H,4,7-10H2,(H,17,20). The van der Waals surface area contributed by atoms with Crippen LogP contribution in [-0.2, 0) is 4.74 Å². The van der Waals surface area contributed by atoms with Crippen LogP contribution in [0.5, 0.6) is 0 Å². The molecule has 0 fully saturated rings. The van der Waals surface area contributed by atoms with E-state index in [2.05, 4.69) is 10.4 Å². The lowest BCUT2D eigenvalue weighted by Gasteiger charge is -2.04. The Bertz CT molecular complexity index is 557. The number of nitrogens with one attached hydrogen (secondary N) is 1. The van der Waals surface area contributed by atoms with E-state index < -0.39 is 0 Å². The molecule has 0 radical (unpaired) electrons. The van der Waals surface area contributed by atoms with Gasteiger partial charge in [-0.2, -0.15) is 5.10 Å². The van der Waals surface area contributed by atoms with Crippen molar-refractivity contribution in [1.29, 1.82) is 0 Å². The number of hydrogen-bond acceptors (Lipinski definition) is 3. The normalized spacial score (nSPS) is 10.5. The third kappa shape index (κ3) is 4.88. The fourth-order valence-corrected chi connectivity index (χ4v) is 1.91. The fraction of sp³-hybridized carbons (Fsp3) is 0.333. The lowest BCUT2D eigenvalue weighted by Crippen LogP contribution is -2.25. The minimum Gasteiger partial charge on any atom is -0.380 e. The summed E-state index contributed by atoms with van der Waals surface area (Å²) in [5.74, 6) is 0.361. The van der Waals surface area contributed by atoms with Crippen LogP contribution in [0.25, 0.3) is 5.69 Å². The van der Waals surface area contributed by atoms with Crippen LogP contribution in [0.1, 0.15) is 16.8 Å². The van der Waals surface area contributed by atoms with Gasteiger partial charge in [-0.15, -0.1) is 11.6 Å². The summed E-state index contributed by atoms with van der Waals surface area (Å²) in [5, 5.41) is 7.03. The number of rotatable bonds is 8. The Hall–Kier alpha value is -1.85. The van der Waals surface area contributed by atoms with Gasteiger partial charge < -0.3 is 10.1 Å². The Morgan fingerprint density at radius 2 is 2.10 bits per heavy atom. The van der Waals surface area contributed by atoms with E-state index in [9.17, 15) is 4.79 Å². The number of alkyl halides is 1. The van der Waals surface area contributed by atoms with E-state index >= 15 is 0 Å². The van der Waals surface area contributed by atoms with Crippen molar-refractivity contribution in [3.05, 3.63) is 48.3 Å². The van der Waals surface area contributed by atoms with E-state index in [-0.39, 0.29) is 5.91 Å². The van der Waals surface area contributed by atoms with E-state index in [1.165, 1.54) is 0 Å². The van der Waals surface area contributed by atoms with Crippen LogP contribution in [0.2, 0.25) is 0 Å². The smallest absolute Gasteiger partial charge is 0.254 e. The van der Waals surface area contributed by atoms with Gasteiger partial charge in [0.1, 0.15) is 0 Å². The molecular formula is C15H18ClN3O2. The summed E-state index contributed by atoms with van der Waals surface area (Å²) in [6.45, 7) is 1.70. The topological polar surface area (TPSA) is 56.1 Å². The first-order chi connectivity index (χ1) is 10.3. The second kappa shape index (κ2) is 8.44. The Kier molecular flexibility index (Phi) is 6.24. The van der Waals surface area contributed by atoms with Gasteiger partial charge in [0.05, 0.1) is 24.1 Å². The van der Waals surface area contributed by atoms with E-state index in [0.29, 0.717) is 31.2 Å². The molecule has 2 aromatic rings. The van der Waals surface area contributed by atoms with Gasteiger partial charge in [-0.1, -0.05) is 18.2 Å². The van der Waals surface area contributed by atoms with Crippen molar-refractivity contribution in [1.82, 2.24) is 15.1 Å². The molecule has 5 nitrogen and oxygen atoms in total. The van der Waals surface area contributed by atoms with E-state index in [0.717, 1.165) is 12.1 Å². The van der Waals surface area contributed by atoms with Crippen LogP contribution in [0.3, 0.4) is 0 Å². The van der Waals surface area contributed by atoms with Crippen LogP contribution in [-0.4, -0.2) is 41.3 Å². The van der Waals surface area contributed by atoms with Crippen molar-refractivity contribution < 1.29 is 9.53 Å². The van der Waals surface area contributed by atoms with E-state index in [4.69, 9.17) is 16.3 Å². The molecule has 1 amide bonds. The summed E-state index contributed by atoms with van der Waals surface area (Å²) in [4.78, 5) is 12.0. The average Bonchev–Trinajstić information content (AvgIpc) is 3.01. The number of halogens is 1. The van der Waals surface area contributed by atoms with Crippen LogP contribution in [0, 0.1) is 0 Å². The first-order valence-corrected chi connectivity index (χ1v) is 7.36. The van der Waals surface area contributed by atoms with Crippen molar-refractivity contribution in [2.24, 2.45) is 0 Å². The summed E-state index contributed by atoms with van der Waals surface area (Å²) in [5.41, 5.74) is 1.46. The number of aromatic nitrogens is 2. The summed E-state index contributed by atoms with van der Waals surface area (Å²) >= 11 is 5.49. The molecule has 1 aromatic carbocycles. The quantitative estimate of drug-likeness (QED) is 0.601. The Morgan fingerprint density at radius 1 is 1.29 bits per heavy atom. The maximum absolute atomic E-state index is 12.0. The lowest BCUT2D eigenvalue weighted by molar-refractivity contribution is 0.0944. The van der Waals surface area contributed by atoms with Gasteiger partial charge in [-0.3, -0.25) is 4.79 Å². The zero-order chi connectivity index (χ0) is 14.9. The van der Waals surface area contributed by atoms with E-state index in [1.54, 1.807) is 17.1 Å². The molecule has 0 aliphatic heterocycles. The van der Waals surface area contributed by atoms with Crippen LogP contribution in [0.4, 0.5) is 0 Å². The SMILES string of the molecule is O=C(NCCCOCCCl)c1cnn(-c2ccccc2)c1. The van der Waals surface area contributed by atoms with Crippen molar-refractivity contribution in [2.45, 2.75) is 6.42 Å². The van der Waals surface area contributed by atoms with Crippen molar-refractivity contribution in [3.8, 4) is 5.69 Å². The van der Waals surface area contributed by atoms with Gasteiger partial charge in [0.2, 0.25) is 0 Å². The summed E-state index contributed by atoms with van der Waals surface area (Å²) in [6.07, 6.45) is 4.04. The second-order valence-corrected chi connectivity index (χ2v) is 4.80. The molecule has 112 valence electrons. The fourth-order valence-electron chi connectivity index (χ4n) is 1.80. The molecule has 1 heterocycles. The Morgan fingerprint density at radius 3 is 2.86 bits per heavy atom. The van der Waals surface area contributed by atoms with Crippen LogP contribution >= 0.6 is 11.6 Å². The minimum absolute atomic E-state index is 0.130. The average molecular weight is 308 g/mol. The molecule has 1 aromatic heterocycles. The number of benzene rings is 1. The molecule has 0 atom stereocenters. The number of nitrogens with zero attached hydrogens (tertiary/aromatic N) is 2. The van der Waals surface area contributed by atoms with Crippen molar-refractivity contribution in [2.75, 3.05) is 25.6 Å². The summed E-state index contributed by atoms with van der Waals surface area (Å²) < 4.78 is 6.91. The predicted molar refractivity (Wildman–Crippen MR) is 82.1 cm³/mol. The van der Waals surface area contributed by atoms with Crippen LogP contribution in [0.15, 0.2) is 42.7 Å². The molecule has 2 rings (SSSR count). The van der Waals surface area contributed by atoms with Gasteiger partial charge in [-0.05, 0) is 18.6 Å². The number of ether oxygens (including phenoxy) is 1. The maximum Gasteiger partial charge on any atom is 0.254 e. The zero-order valence-electron chi connectivity index (χ0n) is 11.7. The molecule has 21 heavy (non-hydrogen) atoms. The molecule has 0 saturated carbocycles. The van der Waals surface area contributed by atoms with Gasteiger partial charge in [-0.25, -0.2) is 4.68 Å². The Labute approximate surface area is 128 Å². The van der Waals surface area contributed by atoms with Crippen LogP contribution < -0.4 is 5.32 Å². The zero-order valence-corrected chi connectivity index (χ0v) is 12.4. The van der Waals surface area contributed by atoms with Gasteiger partial charge in [0.25, 0.3) is 5.91 Å². The van der Waals surface area contributed by atoms with E-state index in [1.807, 2.05) is 30.3 Å². The van der Waals surface area contributed by atoms with Gasteiger partial charge in [0.15, 0.2) is 0 Å². The molecule has 6 heteroatoms. The molecule has 0 saturated heterocycles. The first kappa shape index (κ1) is 15.5. The van der Waals surface area contributed by atoms with Crippen molar-refractivity contribution in [3.63, 3.8) is 0 Å². The molecule has 0 unspecified atom stereocenters. The maximum atomic E-state index is 12.0. The summed E-state index contributed by atoms with van der Waals surface area (Å²) in [6, 6.07) is 9.66. The van der Waals surface area contributed by atoms with Crippen molar-refractivity contribution >= 4 is 17.5 Å². The highest BCUT2D eigenvalue weighted by Crippen LogP contribution is 2.07. The highest BCUT2D eigenvalue weighted by molar-refractivity contribution is 6.17. The second-order valence-electron chi connectivity index (χ2n) is 4.42. The number of amides is 1. The molecule has 0 aliphatic rings. The monoisotopic (exact) mass is 307 g/mol. The molecular weight excluding hydrogens is 290 g/mol. The summed E-state index contributed by atoms with van der Waals surface area (Å²) in [7, 11) is 0. The highest BCUT2D eigenvalue weighted by atomic mass is 35.5. The number of hydrogen-bond donors (Lipinski definition) is 1. The number of para-hydroxylation sites is 1. The Balaban J connectivity index is 1.80. The number of carbonyl (C=O) groups is 1. The van der Waals surface area contributed by atoms with Gasteiger partial charge in [0, 0.05) is 25.2 Å². The lowest BCUT2D eigenvalue weighted by atomic mass is 10.3. The molecule has 0 bridgehead atoms.